The van der Waals surface area contributed by atoms with Crippen LogP contribution in [0.1, 0.15) is 111 Å². The SMILES string of the molecule is CCC(C)CCCCC(=O)N[C@@H](CCN)C(=O)N[C@H](C(=O)N[C@H](CCN)C(=O)N[C@H]1CCNC(=O)[C@H]([C@@H](C)O)NC(=O)[C@H](CCN)NC(=O)[C@H](CCN)NC(=O)[C@H]([C@@H](C)O)NC(=O)[C@@H](Cc2ccccc2)NC(=O)[C@H](CCN)NC1=O)[C@@H](C)O. The van der Waals surface area contributed by atoms with Gasteiger partial charge in [0.1, 0.15) is 60.4 Å². The van der Waals surface area contributed by atoms with Crippen molar-refractivity contribution in [2.75, 3.05) is 39.3 Å². The van der Waals surface area contributed by atoms with Crippen molar-refractivity contribution in [3.8, 4) is 0 Å². The highest BCUT2D eigenvalue weighted by Crippen LogP contribution is 2.13. The van der Waals surface area contributed by atoms with Crippen LogP contribution in [0, 0.1) is 5.92 Å². The molecule has 474 valence electrons. The molecule has 1 aromatic rings. The molecular formula is C54H94N16O14. The molecule has 0 saturated carbocycles. The number of amides is 11. The largest absolute Gasteiger partial charge is 0.391 e. The van der Waals surface area contributed by atoms with Crippen LogP contribution in [-0.4, -0.2) is 198 Å². The standard InChI is InChI=1S/C54H94N16O14/c1-6-29(2)12-10-11-15-41(74)61-34(16-22-55)49(79)69-43(31(4)72)53(83)66-37(19-25-58)46(76)64-39-21-27-60-52(82)42(30(3)71)68-50(80)38(20-26-59)63-45(75)36(18-24-57)65-54(84)44(32(5)73)70-51(81)40(28-33-13-8-7-9-14-33)67-47(77)35(17-23-56)62-48(39)78/h7-9,13-14,29-32,34-40,42-44,71-73H,6,10-12,15-28,55-59H2,1-5H3,(H,60,82)(H,61,74)(H,62,78)(H,63,75)(H,64,76)(H,65,84)(H,66,83)(H,67,77)(H,68,80)(H,69,79)(H,70,81)/t29?,30-,31-,32-,34+,35+,36+,37-,38+,39+,40-,42+,43+,44+/m1/s1. The van der Waals surface area contributed by atoms with Crippen molar-refractivity contribution in [2.45, 2.75) is 190 Å². The van der Waals surface area contributed by atoms with Crippen LogP contribution in [0.3, 0.4) is 0 Å². The lowest BCUT2D eigenvalue weighted by Gasteiger charge is -2.29. The third-order valence-corrected chi connectivity index (χ3v) is 14.0. The van der Waals surface area contributed by atoms with Crippen LogP contribution in [0.5, 0.6) is 0 Å². The van der Waals surface area contributed by atoms with E-state index in [9.17, 15) is 68.1 Å². The number of aliphatic hydroxyl groups is 3. The number of carbonyl (C=O) groups excluding carboxylic acids is 11. The van der Waals surface area contributed by atoms with E-state index in [1.54, 1.807) is 30.3 Å². The molecule has 2 rings (SSSR count). The summed E-state index contributed by atoms with van der Waals surface area (Å²) in [6.45, 7) is 6.39. The van der Waals surface area contributed by atoms with Gasteiger partial charge in [0.25, 0.3) is 0 Å². The van der Waals surface area contributed by atoms with Crippen LogP contribution in [0.15, 0.2) is 30.3 Å². The minimum absolute atomic E-state index is 0.0257. The van der Waals surface area contributed by atoms with E-state index in [-0.39, 0.29) is 77.7 Å². The highest BCUT2D eigenvalue weighted by molar-refractivity contribution is 5.99. The molecule has 1 aliphatic rings. The summed E-state index contributed by atoms with van der Waals surface area (Å²) in [7, 11) is 0. The van der Waals surface area contributed by atoms with Gasteiger partial charge in [-0.3, -0.25) is 52.7 Å². The minimum atomic E-state index is -1.77. The number of carbonyl (C=O) groups is 11. The second-order valence-corrected chi connectivity index (χ2v) is 21.1. The topological polar surface area (TPSA) is 511 Å². The van der Waals surface area contributed by atoms with Crippen LogP contribution in [0.4, 0.5) is 0 Å². The van der Waals surface area contributed by atoms with Crippen molar-refractivity contribution in [3.63, 3.8) is 0 Å². The molecule has 14 atom stereocenters. The van der Waals surface area contributed by atoms with E-state index in [1.807, 2.05) is 0 Å². The van der Waals surface area contributed by atoms with Gasteiger partial charge in [-0.2, -0.15) is 0 Å². The number of rotatable bonds is 28. The average molecular weight is 1190 g/mol. The molecule has 24 N–H and O–H groups in total. The van der Waals surface area contributed by atoms with Crippen molar-refractivity contribution in [1.82, 2.24) is 58.5 Å². The third kappa shape index (κ3) is 25.5. The van der Waals surface area contributed by atoms with Gasteiger partial charge in [0.05, 0.1) is 18.3 Å². The molecule has 1 heterocycles. The second-order valence-electron chi connectivity index (χ2n) is 21.1. The van der Waals surface area contributed by atoms with Crippen molar-refractivity contribution < 1.29 is 68.1 Å². The van der Waals surface area contributed by atoms with Crippen LogP contribution in [0.25, 0.3) is 0 Å². The lowest BCUT2D eigenvalue weighted by atomic mass is 10.0. The molecule has 0 aromatic heterocycles. The lowest BCUT2D eigenvalue weighted by Crippen LogP contribution is -2.62. The fraction of sp³-hybridized carbons (Fsp3) is 0.685. The van der Waals surface area contributed by atoms with Crippen molar-refractivity contribution in [1.29, 1.82) is 0 Å². The highest BCUT2D eigenvalue weighted by atomic mass is 16.3. The molecule has 1 aromatic carbocycles. The Labute approximate surface area is 490 Å². The monoisotopic (exact) mass is 1190 g/mol. The number of unbranched alkanes of at least 4 members (excludes halogenated alkanes) is 1. The molecule has 11 amide bonds. The number of aliphatic hydroxyl groups excluding tert-OH is 3. The molecule has 0 aliphatic carbocycles. The van der Waals surface area contributed by atoms with Crippen LogP contribution in [0.2, 0.25) is 0 Å². The summed E-state index contributed by atoms with van der Waals surface area (Å²) in [5.41, 5.74) is 29.7. The van der Waals surface area contributed by atoms with Crippen LogP contribution < -0.4 is 87.2 Å². The summed E-state index contributed by atoms with van der Waals surface area (Å²) in [4.78, 5) is 153. The molecule has 30 heteroatoms. The predicted molar refractivity (Wildman–Crippen MR) is 308 cm³/mol. The Kier molecular flexibility index (Phi) is 33.8. The number of hydrogen-bond donors (Lipinski definition) is 19. The maximum Gasteiger partial charge on any atom is 0.245 e. The number of nitrogens with one attached hydrogen (secondary N) is 11. The van der Waals surface area contributed by atoms with Gasteiger partial charge in [0, 0.05) is 19.4 Å². The summed E-state index contributed by atoms with van der Waals surface area (Å²) in [5.74, 6) is -9.99. The molecule has 0 radical (unpaired) electrons. The van der Waals surface area contributed by atoms with E-state index in [1.165, 1.54) is 20.8 Å². The molecule has 30 nitrogen and oxygen atoms in total. The first-order valence-corrected chi connectivity index (χ1v) is 28.7. The van der Waals surface area contributed by atoms with Gasteiger partial charge in [0.2, 0.25) is 65.0 Å². The van der Waals surface area contributed by atoms with Gasteiger partial charge in [-0.25, -0.2) is 0 Å². The molecule has 1 unspecified atom stereocenters. The second kappa shape index (κ2) is 38.8. The van der Waals surface area contributed by atoms with E-state index in [0.29, 0.717) is 17.9 Å². The molecule has 1 fully saturated rings. The van der Waals surface area contributed by atoms with Crippen LogP contribution >= 0.6 is 0 Å². The number of nitrogens with two attached hydrogens (primary N) is 5. The fourth-order valence-electron chi connectivity index (χ4n) is 8.79. The van der Waals surface area contributed by atoms with Crippen molar-refractivity contribution in [2.24, 2.45) is 34.6 Å². The third-order valence-electron chi connectivity index (χ3n) is 14.0. The Balaban J connectivity index is 2.66. The van der Waals surface area contributed by atoms with Gasteiger partial charge in [-0.05, 0) is 110 Å². The maximum absolute atomic E-state index is 14.5. The molecule has 0 spiro atoms. The molecule has 84 heavy (non-hydrogen) atoms. The van der Waals surface area contributed by atoms with Gasteiger partial charge in [-0.15, -0.1) is 0 Å². The minimum Gasteiger partial charge on any atom is -0.391 e. The average Bonchev–Trinajstić information content (AvgIpc) is 3.67. The van der Waals surface area contributed by atoms with Crippen molar-refractivity contribution in [3.05, 3.63) is 35.9 Å². The Morgan fingerprint density at radius 1 is 0.548 bits per heavy atom. The Bertz CT molecular complexity index is 2300. The molecule has 1 saturated heterocycles. The summed E-state index contributed by atoms with van der Waals surface area (Å²) >= 11 is 0. The highest BCUT2D eigenvalue weighted by Gasteiger charge is 2.38. The van der Waals surface area contributed by atoms with Gasteiger partial charge < -0.3 is 102 Å². The Hall–Kier alpha value is -6.93. The van der Waals surface area contributed by atoms with Gasteiger partial charge >= 0.3 is 0 Å². The van der Waals surface area contributed by atoms with E-state index in [2.05, 4.69) is 72.3 Å². The normalized spacial score (nSPS) is 23.3. The smallest absolute Gasteiger partial charge is 0.245 e. The Morgan fingerprint density at radius 2 is 1.02 bits per heavy atom. The zero-order valence-electron chi connectivity index (χ0n) is 48.9. The maximum atomic E-state index is 14.5. The van der Waals surface area contributed by atoms with Crippen molar-refractivity contribution >= 4 is 65.0 Å². The van der Waals surface area contributed by atoms with Gasteiger partial charge in [0.15, 0.2) is 0 Å². The van der Waals surface area contributed by atoms with Crippen LogP contribution in [-0.2, 0) is 59.2 Å². The fourth-order valence-corrected chi connectivity index (χ4v) is 8.79. The summed E-state index contributed by atoms with van der Waals surface area (Å²) < 4.78 is 0. The summed E-state index contributed by atoms with van der Waals surface area (Å²) in [5, 5.41) is 59.6. The van der Waals surface area contributed by atoms with E-state index >= 15 is 0 Å². The first kappa shape index (κ1) is 73.2. The summed E-state index contributed by atoms with van der Waals surface area (Å²) in [6, 6.07) is -7.36. The number of hydrogen-bond acceptors (Lipinski definition) is 19. The first-order valence-electron chi connectivity index (χ1n) is 28.7. The molecule has 0 bridgehead atoms. The summed E-state index contributed by atoms with van der Waals surface area (Å²) in [6.07, 6.45) is -3.08. The quantitative estimate of drug-likeness (QED) is 0.0347. The van der Waals surface area contributed by atoms with E-state index in [0.717, 1.165) is 19.3 Å². The van der Waals surface area contributed by atoms with Gasteiger partial charge in [-0.1, -0.05) is 63.4 Å². The predicted octanol–water partition coefficient (Wildman–Crippen LogP) is -6.91. The zero-order valence-corrected chi connectivity index (χ0v) is 48.9. The molecular weight excluding hydrogens is 1100 g/mol. The zero-order chi connectivity index (χ0) is 63.1. The first-order chi connectivity index (χ1) is 39.8. The van der Waals surface area contributed by atoms with E-state index in [4.69, 9.17) is 28.7 Å². The lowest BCUT2D eigenvalue weighted by molar-refractivity contribution is -0.137. The molecule has 1 aliphatic heterocycles. The van der Waals surface area contributed by atoms with E-state index < -0.39 is 157 Å². The number of benzene rings is 1. The Morgan fingerprint density at radius 3 is 1.52 bits per heavy atom.